The summed E-state index contributed by atoms with van der Waals surface area (Å²) in [6, 6.07) is 4.19. The van der Waals surface area contributed by atoms with Gasteiger partial charge in [0.15, 0.2) is 0 Å². The van der Waals surface area contributed by atoms with Crippen molar-refractivity contribution in [3.8, 4) is 0 Å². The Balaban J connectivity index is 2.69. The zero-order chi connectivity index (χ0) is 11.9. The van der Waals surface area contributed by atoms with Crippen LogP contribution in [0.15, 0.2) is 29.3 Å². The minimum atomic E-state index is -0.896. The van der Waals surface area contributed by atoms with Crippen LogP contribution in [0.25, 0.3) is 0 Å². The van der Waals surface area contributed by atoms with Crippen LogP contribution in [0.1, 0.15) is 17.5 Å². The van der Waals surface area contributed by atoms with E-state index in [1.54, 1.807) is 0 Å². The molecule has 0 saturated carbocycles. The lowest BCUT2D eigenvalue weighted by Gasteiger charge is -2.22. The first-order chi connectivity index (χ1) is 7.50. The van der Waals surface area contributed by atoms with Crippen LogP contribution in [0.3, 0.4) is 0 Å². The summed E-state index contributed by atoms with van der Waals surface area (Å²) in [5.41, 5.74) is 4.42. The van der Waals surface area contributed by atoms with Crippen LogP contribution < -0.4 is 4.90 Å². The van der Waals surface area contributed by atoms with E-state index in [1.165, 1.54) is 5.56 Å². The third kappa shape index (κ3) is 1.80. The lowest BCUT2D eigenvalue weighted by molar-refractivity contribution is 0.683. The van der Waals surface area contributed by atoms with E-state index in [2.05, 4.69) is 30.5 Å². The molecule has 3 heteroatoms. The summed E-state index contributed by atoms with van der Waals surface area (Å²) in [5, 5.41) is 0. The van der Waals surface area contributed by atoms with Crippen LogP contribution in [-0.2, 0) is 10.8 Å². The Hall–Kier alpha value is -1.09. The van der Waals surface area contributed by atoms with Gasteiger partial charge in [-0.3, -0.25) is 4.21 Å². The highest BCUT2D eigenvalue weighted by molar-refractivity contribution is 7.85. The van der Waals surface area contributed by atoms with E-state index in [-0.39, 0.29) is 0 Å². The number of allylic oxidation sites excluding steroid dienone is 1. The van der Waals surface area contributed by atoms with Crippen molar-refractivity contribution in [2.45, 2.75) is 25.2 Å². The zero-order valence-electron chi connectivity index (χ0n) is 10.0. The fraction of sp³-hybridized carbons (Fsp3) is 0.385. The van der Waals surface area contributed by atoms with Gasteiger partial charge in [-0.1, -0.05) is 12.6 Å². The minimum absolute atomic E-state index is 0.681. The molecule has 1 unspecified atom stereocenters. The van der Waals surface area contributed by atoms with Gasteiger partial charge in [0.2, 0.25) is 0 Å². The maximum atomic E-state index is 12.2. The molecule has 1 heterocycles. The Morgan fingerprint density at radius 2 is 2.06 bits per heavy atom. The van der Waals surface area contributed by atoms with Crippen LogP contribution in [0.5, 0.6) is 0 Å². The quantitative estimate of drug-likeness (QED) is 0.689. The van der Waals surface area contributed by atoms with Gasteiger partial charge >= 0.3 is 0 Å². The molecule has 1 aromatic carbocycles. The first kappa shape index (κ1) is 11.4. The van der Waals surface area contributed by atoms with E-state index in [0.29, 0.717) is 5.75 Å². The highest BCUT2D eigenvalue weighted by Crippen LogP contribution is 2.33. The number of aryl methyl sites for hydroxylation is 2. The van der Waals surface area contributed by atoms with Crippen molar-refractivity contribution >= 4 is 16.5 Å². The maximum absolute atomic E-state index is 12.2. The first-order valence-electron chi connectivity index (χ1n) is 5.42. The SMILES string of the molecule is C=C1CCS(=O)c2c(C)cc(C)cc2N1C. The van der Waals surface area contributed by atoms with Crippen LogP contribution in [0.4, 0.5) is 5.69 Å². The van der Waals surface area contributed by atoms with E-state index < -0.39 is 10.8 Å². The summed E-state index contributed by atoms with van der Waals surface area (Å²) >= 11 is 0. The van der Waals surface area contributed by atoms with E-state index in [9.17, 15) is 4.21 Å². The molecule has 1 aromatic rings. The van der Waals surface area contributed by atoms with Gasteiger partial charge in [0.05, 0.1) is 21.4 Å². The van der Waals surface area contributed by atoms with Crippen LogP contribution in [-0.4, -0.2) is 17.0 Å². The van der Waals surface area contributed by atoms with Crippen LogP contribution in [0.2, 0.25) is 0 Å². The summed E-state index contributed by atoms with van der Waals surface area (Å²) in [7, 11) is 1.11. The van der Waals surface area contributed by atoms with Crippen molar-refractivity contribution in [1.29, 1.82) is 0 Å². The zero-order valence-corrected chi connectivity index (χ0v) is 10.9. The highest BCUT2D eigenvalue weighted by atomic mass is 32.2. The number of hydrogen-bond acceptors (Lipinski definition) is 2. The second-order valence-electron chi connectivity index (χ2n) is 4.35. The lowest BCUT2D eigenvalue weighted by Crippen LogP contribution is -2.15. The third-order valence-corrected chi connectivity index (χ3v) is 4.60. The van der Waals surface area contributed by atoms with Gasteiger partial charge in [-0.25, -0.2) is 0 Å². The van der Waals surface area contributed by atoms with E-state index in [0.717, 1.165) is 28.3 Å². The monoisotopic (exact) mass is 235 g/mol. The number of anilines is 1. The second kappa shape index (κ2) is 4.06. The molecule has 1 aliphatic rings. The molecule has 0 saturated heterocycles. The number of rotatable bonds is 0. The second-order valence-corrected chi connectivity index (χ2v) is 5.86. The summed E-state index contributed by atoms with van der Waals surface area (Å²) < 4.78 is 12.2. The topological polar surface area (TPSA) is 20.3 Å². The molecular weight excluding hydrogens is 218 g/mol. The molecule has 0 spiro atoms. The lowest BCUT2D eigenvalue weighted by atomic mass is 10.1. The minimum Gasteiger partial charge on any atom is -0.348 e. The smallest absolute Gasteiger partial charge is 0.0654 e. The number of fused-ring (bicyclic) bond motifs is 1. The molecule has 86 valence electrons. The Labute approximate surface area is 99.4 Å². The maximum Gasteiger partial charge on any atom is 0.0654 e. The van der Waals surface area contributed by atoms with Gasteiger partial charge in [0.1, 0.15) is 0 Å². The van der Waals surface area contributed by atoms with Crippen molar-refractivity contribution in [1.82, 2.24) is 0 Å². The molecule has 0 fully saturated rings. The van der Waals surface area contributed by atoms with Crippen molar-refractivity contribution < 1.29 is 4.21 Å². The van der Waals surface area contributed by atoms with Gasteiger partial charge in [-0.15, -0.1) is 0 Å². The standard InChI is InChI=1S/C13H17NOS/c1-9-7-10(2)13-12(8-9)14(4)11(3)5-6-16(13)15/h7-8H,3,5-6H2,1-2,4H3. The fourth-order valence-electron chi connectivity index (χ4n) is 2.13. The van der Waals surface area contributed by atoms with Gasteiger partial charge in [-0.2, -0.15) is 0 Å². The van der Waals surface area contributed by atoms with E-state index in [1.807, 2.05) is 14.0 Å². The predicted molar refractivity (Wildman–Crippen MR) is 69.4 cm³/mol. The molecule has 2 nitrogen and oxygen atoms in total. The molecule has 2 rings (SSSR count). The van der Waals surface area contributed by atoms with E-state index >= 15 is 0 Å². The first-order valence-corrected chi connectivity index (χ1v) is 6.73. The largest absolute Gasteiger partial charge is 0.348 e. The predicted octanol–water partition coefficient (Wildman–Crippen LogP) is 2.76. The summed E-state index contributed by atoms with van der Waals surface area (Å²) in [4.78, 5) is 3.05. The molecule has 16 heavy (non-hydrogen) atoms. The van der Waals surface area contributed by atoms with Crippen LogP contribution in [0, 0.1) is 13.8 Å². The van der Waals surface area contributed by atoms with E-state index in [4.69, 9.17) is 0 Å². The van der Waals surface area contributed by atoms with Crippen LogP contribution >= 0.6 is 0 Å². The van der Waals surface area contributed by atoms with Gasteiger partial charge in [-0.05, 0) is 37.5 Å². The average Bonchev–Trinajstić information content (AvgIpc) is 2.31. The van der Waals surface area contributed by atoms with Crippen molar-refractivity contribution in [3.63, 3.8) is 0 Å². The molecule has 0 aliphatic carbocycles. The summed E-state index contributed by atoms with van der Waals surface area (Å²) in [6.07, 6.45) is 0.802. The number of hydrogen-bond donors (Lipinski definition) is 0. The molecule has 0 bridgehead atoms. The number of benzene rings is 1. The molecule has 1 aliphatic heterocycles. The molecule has 0 N–H and O–H groups in total. The van der Waals surface area contributed by atoms with Crippen molar-refractivity contribution in [3.05, 3.63) is 35.5 Å². The normalized spacial score (nSPS) is 20.6. The molecule has 1 atom stereocenters. The number of nitrogens with zero attached hydrogens (tertiary/aromatic N) is 1. The Bertz CT molecular complexity index is 479. The van der Waals surface area contributed by atoms with Gasteiger partial charge in [0, 0.05) is 18.5 Å². The molecule has 0 amide bonds. The van der Waals surface area contributed by atoms with Gasteiger partial charge < -0.3 is 4.90 Å². The average molecular weight is 235 g/mol. The Kier molecular flexibility index (Phi) is 2.89. The van der Waals surface area contributed by atoms with Crippen molar-refractivity contribution in [2.24, 2.45) is 0 Å². The Morgan fingerprint density at radius 3 is 2.75 bits per heavy atom. The molecule has 0 aromatic heterocycles. The van der Waals surface area contributed by atoms with Crippen molar-refractivity contribution in [2.75, 3.05) is 17.7 Å². The third-order valence-electron chi connectivity index (χ3n) is 3.04. The molecule has 0 radical (unpaired) electrons. The molecular formula is C13H17NOS. The summed E-state index contributed by atoms with van der Waals surface area (Å²) in [5.74, 6) is 0.681. The summed E-state index contributed by atoms with van der Waals surface area (Å²) in [6.45, 7) is 8.14. The fourth-order valence-corrected chi connectivity index (χ4v) is 3.60. The highest BCUT2D eigenvalue weighted by Gasteiger charge is 2.21. The Morgan fingerprint density at radius 1 is 1.38 bits per heavy atom. The van der Waals surface area contributed by atoms with Gasteiger partial charge in [0.25, 0.3) is 0 Å².